The summed E-state index contributed by atoms with van der Waals surface area (Å²) in [5.74, 6) is 0. The maximum absolute atomic E-state index is 4.56. The van der Waals surface area contributed by atoms with Crippen molar-refractivity contribution in [3.05, 3.63) is 30.4 Å². The number of hydrogen-bond acceptors (Lipinski definition) is 4. The third kappa shape index (κ3) is 1.90. The summed E-state index contributed by atoms with van der Waals surface area (Å²) >= 11 is 0. The molecule has 1 fully saturated rings. The molecule has 1 aliphatic rings. The minimum Gasteiger partial charge on any atom is -0.298 e. The topological polar surface area (TPSA) is 46.8 Å². The summed E-state index contributed by atoms with van der Waals surface area (Å²) in [7, 11) is 4.06. The molecule has 1 saturated heterocycles. The fraction of sp³-hybridized carbons (Fsp3) is 0.462. The highest BCUT2D eigenvalue weighted by Crippen LogP contribution is 2.28. The predicted octanol–water partition coefficient (Wildman–Crippen LogP) is 1.64. The van der Waals surface area contributed by atoms with Crippen molar-refractivity contribution in [2.45, 2.75) is 18.9 Å². The average molecular weight is 243 g/mol. The highest BCUT2D eigenvalue weighted by molar-refractivity contribution is 5.52. The summed E-state index contributed by atoms with van der Waals surface area (Å²) in [6, 6.07) is 2.38. The van der Waals surface area contributed by atoms with E-state index in [0.29, 0.717) is 6.04 Å². The largest absolute Gasteiger partial charge is 0.298 e. The fourth-order valence-corrected chi connectivity index (χ4v) is 2.55. The van der Waals surface area contributed by atoms with Gasteiger partial charge in [0, 0.05) is 13.2 Å². The van der Waals surface area contributed by atoms with Crippen LogP contribution >= 0.6 is 0 Å². The van der Waals surface area contributed by atoms with Gasteiger partial charge in [-0.1, -0.05) is 0 Å². The molecule has 94 valence electrons. The van der Waals surface area contributed by atoms with Crippen LogP contribution in [0.1, 0.15) is 24.6 Å². The van der Waals surface area contributed by atoms with Gasteiger partial charge in [0.1, 0.15) is 5.69 Å². The first-order chi connectivity index (χ1) is 8.75. The van der Waals surface area contributed by atoms with E-state index in [1.54, 1.807) is 6.20 Å². The normalized spacial score (nSPS) is 20.4. The van der Waals surface area contributed by atoms with Gasteiger partial charge in [-0.15, -0.1) is 0 Å². The molecule has 0 amide bonds. The van der Waals surface area contributed by atoms with Crippen LogP contribution in [0.5, 0.6) is 0 Å². The second-order valence-corrected chi connectivity index (χ2v) is 4.81. The Bertz CT molecular complexity index is 531. The molecule has 0 radical (unpaired) electrons. The highest BCUT2D eigenvalue weighted by Gasteiger charge is 2.23. The molecule has 0 saturated carbocycles. The van der Waals surface area contributed by atoms with Crippen LogP contribution in [0.25, 0.3) is 11.4 Å². The fourth-order valence-electron chi connectivity index (χ4n) is 2.55. The SMILES string of the molecule is CN1CCCC1c1cnc(-c2ccnn2C)cn1. The van der Waals surface area contributed by atoms with Crippen LogP contribution in [0.2, 0.25) is 0 Å². The van der Waals surface area contributed by atoms with Gasteiger partial charge in [-0.3, -0.25) is 19.5 Å². The van der Waals surface area contributed by atoms with Crippen molar-refractivity contribution >= 4 is 0 Å². The van der Waals surface area contributed by atoms with Gasteiger partial charge in [0.15, 0.2) is 0 Å². The molecule has 5 heteroatoms. The maximum Gasteiger partial charge on any atom is 0.107 e. The Morgan fingerprint density at radius 3 is 2.67 bits per heavy atom. The first-order valence-electron chi connectivity index (χ1n) is 6.26. The van der Waals surface area contributed by atoms with Gasteiger partial charge in [-0.05, 0) is 32.5 Å². The first-order valence-corrected chi connectivity index (χ1v) is 6.26. The zero-order valence-corrected chi connectivity index (χ0v) is 10.7. The Hall–Kier alpha value is -1.75. The second-order valence-electron chi connectivity index (χ2n) is 4.81. The van der Waals surface area contributed by atoms with E-state index in [-0.39, 0.29) is 0 Å². The first kappa shape index (κ1) is 11.3. The molecule has 0 spiro atoms. The summed E-state index contributed by atoms with van der Waals surface area (Å²) in [6.45, 7) is 1.15. The van der Waals surface area contributed by atoms with E-state index in [0.717, 1.165) is 23.6 Å². The number of aromatic nitrogens is 4. The van der Waals surface area contributed by atoms with Crippen molar-refractivity contribution in [3.8, 4) is 11.4 Å². The van der Waals surface area contributed by atoms with Crippen LogP contribution in [0.3, 0.4) is 0 Å². The van der Waals surface area contributed by atoms with Crippen LogP contribution in [0.15, 0.2) is 24.7 Å². The molecule has 2 aromatic rings. The summed E-state index contributed by atoms with van der Waals surface area (Å²) in [4.78, 5) is 11.4. The Kier molecular flexibility index (Phi) is 2.83. The smallest absolute Gasteiger partial charge is 0.107 e. The molecule has 1 aliphatic heterocycles. The lowest BCUT2D eigenvalue weighted by Crippen LogP contribution is -2.18. The number of hydrogen-bond donors (Lipinski definition) is 0. The van der Waals surface area contributed by atoms with Gasteiger partial charge in [0.05, 0.1) is 29.8 Å². The molecule has 0 aromatic carbocycles. The van der Waals surface area contributed by atoms with E-state index in [2.05, 4.69) is 27.0 Å². The lowest BCUT2D eigenvalue weighted by Gasteiger charge is -2.18. The molecule has 1 atom stereocenters. The van der Waals surface area contributed by atoms with Crippen LogP contribution in [-0.2, 0) is 7.05 Å². The van der Waals surface area contributed by atoms with E-state index in [9.17, 15) is 0 Å². The van der Waals surface area contributed by atoms with Crippen LogP contribution in [0.4, 0.5) is 0 Å². The van der Waals surface area contributed by atoms with E-state index < -0.39 is 0 Å². The van der Waals surface area contributed by atoms with Gasteiger partial charge in [0.25, 0.3) is 0 Å². The van der Waals surface area contributed by atoms with Crippen molar-refractivity contribution in [1.82, 2.24) is 24.6 Å². The summed E-state index contributed by atoms with van der Waals surface area (Å²) in [6.07, 6.45) is 7.94. The predicted molar refractivity (Wildman–Crippen MR) is 68.8 cm³/mol. The van der Waals surface area contributed by atoms with E-state index in [1.165, 1.54) is 12.8 Å². The van der Waals surface area contributed by atoms with Gasteiger partial charge < -0.3 is 0 Å². The zero-order chi connectivity index (χ0) is 12.5. The monoisotopic (exact) mass is 243 g/mol. The summed E-state index contributed by atoms with van der Waals surface area (Å²) < 4.78 is 1.81. The molecular formula is C13H17N5. The number of rotatable bonds is 2. The van der Waals surface area contributed by atoms with E-state index >= 15 is 0 Å². The van der Waals surface area contributed by atoms with Crippen LogP contribution in [-0.4, -0.2) is 38.2 Å². The molecule has 3 heterocycles. The maximum atomic E-state index is 4.56. The highest BCUT2D eigenvalue weighted by atomic mass is 15.3. The van der Waals surface area contributed by atoms with Crippen LogP contribution < -0.4 is 0 Å². The standard InChI is InChI=1S/C13H17N5/c1-17-7-3-4-12(17)10-8-15-11(9-14-10)13-5-6-16-18(13)2/h5-6,8-9,12H,3-4,7H2,1-2H3. The summed E-state index contributed by atoms with van der Waals surface area (Å²) in [5.41, 5.74) is 2.94. The van der Waals surface area contributed by atoms with Gasteiger partial charge in [-0.2, -0.15) is 5.10 Å². The molecule has 5 nitrogen and oxygen atoms in total. The van der Waals surface area contributed by atoms with Crippen molar-refractivity contribution in [2.75, 3.05) is 13.6 Å². The Balaban J connectivity index is 1.87. The molecule has 0 aliphatic carbocycles. The minimum absolute atomic E-state index is 0.429. The third-order valence-corrected chi connectivity index (χ3v) is 3.62. The van der Waals surface area contributed by atoms with Crippen molar-refractivity contribution in [2.24, 2.45) is 7.05 Å². The van der Waals surface area contributed by atoms with Crippen molar-refractivity contribution in [1.29, 1.82) is 0 Å². The minimum atomic E-state index is 0.429. The Labute approximate surface area is 106 Å². The Morgan fingerprint density at radius 2 is 2.11 bits per heavy atom. The molecule has 3 rings (SSSR count). The van der Waals surface area contributed by atoms with Gasteiger partial charge >= 0.3 is 0 Å². The molecule has 0 N–H and O–H groups in total. The molecule has 0 bridgehead atoms. The summed E-state index contributed by atoms with van der Waals surface area (Å²) in [5, 5.41) is 4.15. The lowest BCUT2D eigenvalue weighted by molar-refractivity contribution is 0.311. The third-order valence-electron chi connectivity index (χ3n) is 3.62. The molecule has 1 unspecified atom stereocenters. The van der Waals surface area contributed by atoms with Crippen molar-refractivity contribution < 1.29 is 0 Å². The van der Waals surface area contributed by atoms with Crippen molar-refractivity contribution in [3.63, 3.8) is 0 Å². The van der Waals surface area contributed by atoms with E-state index in [1.807, 2.05) is 30.2 Å². The van der Waals surface area contributed by atoms with Gasteiger partial charge in [-0.25, -0.2) is 0 Å². The number of nitrogens with zero attached hydrogens (tertiary/aromatic N) is 5. The number of likely N-dealkylation sites (tertiary alicyclic amines) is 1. The molecule has 18 heavy (non-hydrogen) atoms. The average Bonchev–Trinajstić information content (AvgIpc) is 2.98. The van der Waals surface area contributed by atoms with E-state index in [4.69, 9.17) is 0 Å². The lowest BCUT2D eigenvalue weighted by atomic mass is 10.1. The second kappa shape index (κ2) is 4.49. The van der Waals surface area contributed by atoms with Gasteiger partial charge in [0.2, 0.25) is 0 Å². The molecule has 2 aromatic heterocycles. The number of aryl methyl sites for hydroxylation is 1. The Morgan fingerprint density at radius 1 is 1.22 bits per heavy atom. The zero-order valence-electron chi connectivity index (χ0n) is 10.7. The van der Waals surface area contributed by atoms with Crippen LogP contribution in [0, 0.1) is 0 Å². The molecular weight excluding hydrogens is 226 g/mol. The quantitative estimate of drug-likeness (QED) is 0.804.